The molecule has 0 aromatic heterocycles. The van der Waals surface area contributed by atoms with Gasteiger partial charge in [-0.25, -0.2) is 0 Å². The van der Waals surface area contributed by atoms with Crippen LogP contribution in [-0.2, 0) is 3.83 Å². The maximum absolute atomic E-state index is 5.68. The zero-order valence-corrected chi connectivity index (χ0v) is 8.90. The van der Waals surface area contributed by atoms with Crippen LogP contribution < -0.4 is 10.5 Å². The largest absolute Gasteiger partial charge is 0.473 e. The summed E-state index contributed by atoms with van der Waals surface area (Å²) in [5, 5.41) is 0. The Labute approximate surface area is 86.3 Å². The second-order valence-corrected chi connectivity index (χ2v) is 3.06. The minimum atomic E-state index is -0.471. The van der Waals surface area contributed by atoms with E-state index in [4.69, 9.17) is 14.3 Å². The van der Waals surface area contributed by atoms with Crippen LogP contribution in [0.15, 0.2) is 30.3 Å². The van der Waals surface area contributed by atoms with Crippen molar-refractivity contribution < 1.29 is 8.57 Å². The molecule has 4 heteroatoms. The Morgan fingerprint density at radius 1 is 1.31 bits per heavy atom. The highest BCUT2D eigenvalue weighted by atomic mass is 79.9. The standard InChI is InChI=1S/C9H12BrNO2/c1-7(13-10)9(11)12-8-5-3-2-4-6-8/h2-7,9H,11H2,1H3. The quantitative estimate of drug-likeness (QED) is 0.827. The summed E-state index contributed by atoms with van der Waals surface area (Å²) < 4.78 is 10.2. The van der Waals surface area contributed by atoms with Crippen LogP contribution in [0.25, 0.3) is 0 Å². The highest BCUT2D eigenvalue weighted by Gasteiger charge is 2.13. The van der Waals surface area contributed by atoms with Crippen molar-refractivity contribution in [2.75, 3.05) is 0 Å². The molecule has 2 unspecified atom stereocenters. The van der Waals surface area contributed by atoms with E-state index in [1.807, 2.05) is 37.3 Å². The molecule has 3 nitrogen and oxygen atoms in total. The average Bonchev–Trinajstić information content (AvgIpc) is 2.18. The SMILES string of the molecule is CC(OBr)C(N)Oc1ccccc1. The van der Waals surface area contributed by atoms with E-state index >= 15 is 0 Å². The van der Waals surface area contributed by atoms with Gasteiger partial charge in [-0.3, -0.25) is 9.56 Å². The third-order valence-corrected chi connectivity index (χ3v) is 2.21. The lowest BCUT2D eigenvalue weighted by Gasteiger charge is -2.18. The zero-order valence-electron chi connectivity index (χ0n) is 7.31. The van der Waals surface area contributed by atoms with E-state index < -0.39 is 6.23 Å². The molecule has 1 aromatic rings. The lowest BCUT2D eigenvalue weighted by Crippen LogP contribution is -2.38. The Morgan fingerprint density at radius 2 is 1.92 bits per heavy atom. The molecular weight excluding hydrogens is 234 g/mol. The highest BCUT2D eigenvalue weighted by Crippen LogP contribution is 2.12. The van der Waals surface area contributed by atoms with Gasteiger partial charge in [-0.15, -0.1) is 0 Å². The minimum absolute atomic E-state index is 0.194. The molecule has 72 valence electrons. The monoisotopic (exact) mass is 245 g/mol. The molecule has 0 aliphatic rings. The molecule has 1 aromatic carbocycles. The summed E-state index contributed by atoms with van der Waals surface area (Å²) in [5.74, 6) is 0.742. The molecule has 0 aliphatic carbocycles. The van der Waals surface area contributed by atoms with Gasteiger partial charge in [0.25, 0.3) is 0 Å². The number of ether oxygens (including phenoxy) is 1. The number of halogens is 1. The first-order chi connectivity index (χ1) is 6.24. The van der Waals surface area contributed by atoms with Crippen molar-refractivity contribution in [3.63, 3.8) is 0 Å². The summed E-state index contributed by atoms with van der Waals surface area (Å²) in [6.45, 7) is 1.82. The Bertz CT molecular complexity index is 243. The lowest BCUT2D eigenvalue weighted by atomic mass is 10.3. The van der Waals surface area contributed by atoms with Gasteiger partial charge in [-0.2, -0.15) is 0 Å². The second kappa shape index (κ2) is 5.21. The maximum atomic E-state index is 5.68. The van der Waals surface area contributed by atoms with E-state index in [1.165, 1.54) is 0 Å². The Balaban J connectivity index is 2.50. The van der Waals surface area contributed by atoms with Gasteiger partial charge in [-0.05, 0) is 19.1 Å². The number of para-hydroxylation sites is 1. The minimum Gasteiger partial charge on any atom is -0.473 e. The van der Waals surface area contributed by atoms with Gasteiger partial charge in [0.15, 0.2) is 6.23 Å². The van der Waals surface area contributed by atoms with Crippen molar-refractivity contribution in [2.24, 2.45) is 5.73 Å². The molecule has 0 aliphatic heterocycles. The van der Waals surface area contributed by atoms with E-state index in [1.54, 1.807) is 0 Å². The van der Waals surface area contributed by atoms with Crippen LogP contribution in [0.5, 0.6) is 5.75 Å². The third-order valence-electron chi connectivity index (χ3n) is 1.62. The van der Waals surface area contributed by atoms with E-state index in [-0.39, 0.29) is 6.10 Å². The van der Waals surface area contributed by atoms with Crippen LogP contribution >= 0.6 is 16.3 Å². The predicted molar refractivity (Wildman–Crippen MR) is 54.5 cm³/mol. The first-order valence-electron chi connectivity index (χ1n) is 3.98. The van der Waals surface area contributed by atoms with E-state index in [0.717, 1.165) is 5.75 Å². The van der Waals surface area contributed by atoms with Crippen molar-refractivity contribution in [2.45, 2.75) is 19.3 Å². The van der Waals surface area contributed by atoms with Crippen LogP contribution in [0.3, 0.4) is 0 Å². The van der Waals surface area contributed by atoms with Crippen LogP contribution in [0, 0.1) is 0 Å². The molecule has 0 bridgehead atoms. The molecule has 13 heavy (non-hydrogen) atoms. The fraction of sp³-hybridized carbons (Fsp3) is 0.333. The Kier molecular flexibility index (Phi) is 4.21. The molecule has 0 saturated carbocycles. The van der Waals surface area contributed by atoms with Crippen molar-refractivity contribution in [1.29, 1.82) is 0 Å². The van der Waals surface area contributed by atoms with E-state index in [9.17, 15) is 0 Å². The molecule has 0 amide bonds. The van der Waals surface area contributed by atoms with E-state index in [2.05, 4.69) is 16.3 Å². The van der Waals surface area contributed by atoms with Gasteiger partial charge in [0.05, 0.1) is 16.3 Å². The summed E-state index contributed by atoms with van der Waals surface area (Å²) >= 11 is 2.87. The van der Waals surface area contributed by atoms with Crippen molar-refractivity contribution in [1.82, 2.24) is 0 Å². The third kappa shape index (κ3) is 3.34. The van der Waals surface area contributed by atoms with E-state index in [0.29, 0.717) is 0 Å². The first kappa shape index (κ1) is 10.5. The number of hydrogen-bond acceptors (Lipinski definition) is 3. The molecule has 0 saturated heterocycles. The van der Waals surface area contributed by atoms with Gasteiger partial charge >= 0.3 is 0 Å². The molecule has 2 atom stereocenters. The molecule has 2 N–H and O–H groups in total. The predicted octanol–water partition coefficient (Wildman–Crippen LogP) is 2.07. The number of nitrogens with two attached hydrogens (primary N) is 1. The van der Waals surface area contributed by atoms with Gasteiger partial charge in [0.1, 0.15) is 11.9 Å². The Morgan fingerprint density at radius 3 is 2.46 bits per heavy atom. The van der Waals surface area contributed by atoms with Gasteiger partial charge in [0, 0.05) is 0 Å². The normalized spacial score (nSPS) is 15.0. The summed E-state index contributed by atoms with van der Waals surface area (Å²) in [6.07, 6.45) is -0.665. The van der Waals surface area contributed by atoms with Crippen LogP contribution in [0.4, 0.5) is 0 Å². The summed E-state index contributed by atoms with van der Waals surface area (Å²) in [5.41, 5.74) is 5.68. The topological polar surface area (TPSA) is 44.5 Å². The van der Waals surface area contributed by atoms with Crippen LogP contribution in [0.1, 0.15) is 6.92 Å². The van der Waals surface area contributed by atoms with Gasteiger partial charge in [-0.1, -0.05) is 18.2 Å². The number of benzene rings is 1. The molecule has 0 spiro atoms. The van der Waals surface area contributed by atoms with Crippen molar-refractivity contribution >= 4 is 16.3 Å². The molecule has 0 heterocycles. The van der Waals surface area contributed by atoms with Crippen LogP contribution in [0.2, 0.25) is 0 Å². The van der Waals surface area contributed by atoms with Gasteiger partial charge in [0.2, 0.25) is 0 Å². The lowest BCUT2D eigenvalue weighted by molar-refractivity contribution is 0.0911. The van der Waals surface area contributed by atoms with Crippen molar-refractivity contribution in [3.8, 4) is 5.75 Å². The Hall–Kier alpha value is -0.580. The van der Waals surface area contributed by atoms with Crippen LogP contribution in [-0.4, -0.2) is 12.3 Å². The fourth-order valence-corrected chi connectivity index (χ4v) is 1.02. The first-order valence-corrected chi connectivity index (χ1v) is 4.63. The molecule has 1 rings (SSSR count). The number of hydrogen-bond donors (Lipinski definition) is 1. The molecular formula is C9H12BrNO2. The number of rotatable bonds is 4. The second-order valence-electron chi connectivity index (χ2n) is 2.69. The van der Waals surface area contributed by atoms with Gasteiger partial charge < -0.3 is 4.74 Å². The summed E-state index contributed by atoms with van der Waals surface area (Å²) in [7, 11) is 0. The molecule has 0 fully saturated rings. The summed E-state index contributed by atoms with van der Waals surface area (Å²) in [6, 6.07) is 9.40. The summed E-state index contributed by atoms with van der Waals surface area (Å²) in [4.78, 5) is 0. The molecule has 0 radical (unpaired) electrons. The average molecular weight is 246 g/mol. The maximum Gasteiger partial charge on any atom is 0.175 e. The fourth-order valence-electron chi connectivity index (χ4n) is 0.803. The smallest absolute Gasteiger partial charge is 0.175 e. The van der Waals surface area contributed by atoms with Crippen molar-refractivity contribution in [3.05, 3.63) is 30.3 Å². The highest BCUT2D eigenvalue weighted by molar-refractivity contribution is 9.06. The zero-order chi connectivity index (χ0) is 9.68.